The Balaban J connectivity index is 1.54. The summed E-state index contributed by atoms with van der Waals surface area (Å²) in [5.41, 5.74) is 1.93. The first-order chi connectivity index (χ1) is 17.4. The van der Waals surface area contributed by atoms with Gasteiger partial charge in [-0.25, -0.2) is 0 Å². The van der Waals surface area contributed by atoms with E-state index in [0.29, 0.717) is 34.3 Å². The third-order valence-electron chi connectivity index (χ3n) is 5.87. The van der Waals surface area contributed by atoms with Crippen molar-refractivity contribution in [3.63, 3.8) is 0 Å². The van der Waals surface area contributed by atoms with Gasteiger partial charge in [-0.3, -0.25) is 14.5 Å². The van der Waals surface area contributed by atoms with Gasteiger partial charge in [0.15, 0.2) is 5.82 Å². The predicted molar refractivity (Wildman–Crippen MR) is 135 cm³/mol. The van der Waals surface area contributed by atoms with E-state index in [4.69, 9.17) is 20.9 Å². The molecule has 7 nitrogen and oxygen atoms in total. The van der Waals surface area contributed by atoms with E-state index in [1.165, 1.54) is 4.90 Å². The quantitative estimate of drug-likeness (QED) is 0.203. The maximum absolute atomic E-state index is 13.2. The number of aromatic nitrogens is 1. The number of amides is 1. The van der Waals surface area contributed by atoms with Gasteiger partial charge in [0.1, 0.15) is 23.9 Å². The van der Waals surface area contributed by atoms with Crippen LogP contribution in [0.15, 0.2) is 95.0 Å². The molecule has 0 saturated carbocycles. The first kappa shape index (κ1) is 23.4. The highest BCUT2D eigenvalue weighted by atomic mass is 35.5. The molecule has 8 heteroatoms. The minimum atomic E-state index is -0.923. The molecule has 2 heterocycles. The first-order valence-electron chi connectivity index (χ1n) is 11.2. The van der Waals surface area contributed by atoms with Crippen molar-refractivity contribution in [2.75, 3.05) is 4.90 Å². The van der Waals surface area contributed by atoms with Crippen molar-refractivity contribution in [1.29, 1.82) is 0 Å². The van der Waals surface area contributed by atoms with Gasteiger partial charge in [0.2, 0.25) is 0 Å². The van der Waals surface area contributed by atoms with Crippen molar-refractivity contribution in [1.82, 2.24) is 5.16 Å². The molecular weight excluding hydrogens is 480 g/mol. The number of nitrogens with zero attached hydrogens (tertiary/aromatic N) is 2. The average Bonchev–Trinajstić information content (AvgIpc) is 3.44. The number of Topliss-reactive ketones (excluding diaryl/α,β-unsaturated/α-hetero) is 1. The zero-order valence-corrected chi connectivity index (χ0v) is 20.0. The van der Waals surface area contributed by atoms with Crippen LogP contribution in [0.4, 0.5) is 5.82 Å². The van der Waals surface area contributed by atoms with Crippen LogP contribution >= 0.6 is 11.6 Å². The van der Waals surface area contributed by atoms with Crippen molar-refractivity contribution in [2.24, 2.45) is 0 Å². The SMILES string of the molecule is Cc1cc(N2C(=O)C(=O)/C(=C(/O)c3ccc(Cl)cc3)[C@H]2c2ccc(OCc3ccccc3)cc2)no1. The van der Waals surface area contributed by atoms with Crippen LogP contribution in [0.5, 0.6) is 5.75 Å². The highest BCUT2D eigenvalue weighted by Crippen LogP contribution is 2.42. The number of carbonyl (C=O) groups excluding carboxylic acids is 2. The lowest BCUT2D eigenvalue weighted by atomic mass is 9.95. The van der Waals surface area contributed by atoms with E-state index in [9.17, 15) is 14.7 Å². The molecule has 5 rings (SSSR count). The number of aliphatic hydroxyl groups is 1. The summed E-state index contributed by atoms with van der Waals surface area (Å²) in [7, 11) is 0. The van der Waals surface area contributed by atoms with Crippen molar-refractivity contribution in [2.45, 2.75) is 19.6 Å². The van der Waals surface area contributed by atoms with E-state index in [1.54, 1.807) is 61.5 Å². The molecule has 1 atom stereocenters. The predicted octanol–water partition coefficient (Wildman–Crippen LogP) is 5.84. The van der Waals surface area contributed by atoms with Gasteiger partial charge in [-0.05, 0) is 54.4 Å². The molecule has 0 unspecified atom stereocenters. The van der Waals surface area contributed by atoms with Gasteiger partial charge in [-0.15, -0.1) is 0 Å². The van der Waals surface area contributed by atoms with Gasteiger partial charge in [-0.2, -0.15) is 0 Å². The fraction of sp³-hybridized carbons (Fsp3) is 0.107. The molecule has 180 valence electrons. The normalized spacial score (nSPS) is 16.9. The van der Waals surface area contributed by atoms with E-state index < -0.39 is 17.7 Å². The summed E-state index contributed by atoms with van der Waals surface area (Å²) in [6.07, 6.45) is 0. The summed E-state index contributed by atoms with van der Waals surface area (Å²) in [6.45, 7) is 2.09. The summed E-state index contributed by atoms with van der Waals surface area (Å²) in [4.78, 5) is 27.5. The lowest BCUT2D eigenvalue weighted by Gasteiger charge is -2.23. The van der Waals surface area contributed by atoms with Crippen molar-refractivity contribution >= 4 is 34.9 Å². The molecule has 0 aliphatic carbocycles. The maximum Gasteiger partial charge on any atom is 0.301 e. The third kappa shape index (κ3) is 4.48. The number of carbonyl (C=O) groups is 2. The fourth-order valence-electron chi connectivity index (χ4n) is 4.10. The Morgan fingerprint density at radius 2 is 1.72 bits per heavy atom. The molecular formula is C28H21ClN2O5. The van der Waals surface area contributed by atoms with Crippen LogP contribution in [0, 0.1) is 6.92 Å². The fourth-order valence-corrected chi connectivity index (χ4v) is 4.23. The van der Waals surface area contributed by atoms with E-state index in [0.717, 1.165) is 5.56 Å². The summed E-state index contributed by atoms with van der Waals surface area (Å²) in [5, 5.41) is 15.6. The Bertz CT molecular complexity index is 1440. The molecule has 1 aliphatic heterocycles. The molecule has 1 aromatic heterocycles. The maximum atomic E-state index is 13.2. The minimum Gasteiger partial charge on any atom is -0.507 e. The van der Waals surface area contributed by atoms with Crippen LogP contribution in [-0.2, 0) is 16.2 Å². The number of hydrogen-bond donors (Lipinski definition) is 1. The van der Waals surface area contributed by atoms with Crippen molar-refractivity contribution in [3.8, 4) is 5.75 Å². The lowest BCUT2D eigenvalue weighted by molar-refractivity contribution is -0.132. The number of hydrogen-bond acceptors (Lipinski definition) is 6. The number of halogens is 1. The van der Waals surface area contributed by atoms with Crippen LogP contribution in [0.2, 0.25) is 5.02 Å². The summed E-state index contributed by atoms with van der Waals surface area (Å²) < 4.78 is 11.0. The molecule has 36 heavy (non-hydrogen) atoms. The highest BCUT2D eigenvalue weighted by Gasteiger charge is 2.48. The number of aryl methyl sites for hydroxylation is 1. The van der Waals surface area contributed by atoms with Gasteiger partial charge in [0, 0.05) is 16.7 Å². The Hall–Kier alpha value is -4.36. The zero-order chi connectivity index (χ0) is 25.2. The van der Waals surface area contributed by atoms with Gasteiger partial charge < -0.3 is 14.4 Å². The summed E-state index contributed by atoms with van der Waals surface area (Å²) >= 11 is 5.98. The van der Waals surface area contributed by atoms with E-state index in [1.807, 2.05) is 30.3 Å². The topological polar surface area (TPSA) is 92.9 Å². The van der Waals surface area contributed by atoms with Crippen LogP contribution in [-0.4, -0.2) is 22.0 Å². The minimum absolute atomic E-state index is 0.0547. The van der Waals surface area contributed by atoms with Crippen LogP contribution in [0.3, 0.4) is 0 Å². The molecule has 1 fully saturated rings. The second-order valence-electron chi connectivity index (χ2n) is 8.32. The van der Waals surface area contributed by atoms with E-state index in [2.05, 4.69) is 5.16 Å². The molecule has 1 aliphatic rings. The standard InChI is InChI=1S/C28H21ClN2O5/c1-17-15-23(30-36-17)31-25(19-9-13-22(14-10-19)35-16-18-5-3-2-4-6-18)24(27(33)28(31)34)26(32)20-7-11-21(29)12-8-20/h2-15,25,32H,16H2,1H3/b26-24+/t25-/m1/s1. The zero-order valence-electron chi connectivity index (χ0n) is 19.2. The van der Waals surface area contributed by atoms with Crippen molar-refractivity contribution < 1.29 is 24.0 Å². The third-order valence-corrected chi connectivity index (χ3v) is 6.12. The Kier molecular flexibility index (Phi) is 6.31. The monoisotopic (exact) mass is 500 g/mol. The number of ether oxygens (including phenoxy) is 1. The van der Waals surface area contributed by atoms with Crippen LogP contribution in [0.25, 0.3) is 5.76 Å². The van der Waals surface area contributed by atoms with E-state index in [-0.39, 0.29) is 17.2 Å². The number of ketones is 1. The molecule has 1 saturated heterocycles. The molecule has 1 amide bonds. The average molecular weight is 501 g/mol. The van der Waals surface area contributed by atoms with Crippen LogP contribution < -0.4 is 9.64 Å². The first-order valence-corrected chi connectivity index (χ1v) is 11.6. The smallest absolute Gasteiger partial charge is 0.301 e. The Morgan fingerprint density at radius 1 is 1.03 bits per heavy atom. The highest BCUT2D eigenvalue weighted by molar-refractivity contribution is 6.51. The summed E-state index contributed by atoms with van der Waals surface area (Å²) in [6, 6.07) is 23.8. The van der Waals surface area contributed by atoms with E-state index >= 15 is 0 Å². The van der Waals surface area contributed by atoms with Gasteiger partial charge in [-0.1, -0.05) is 59.2 Å². The van der Waals surface area contributed by atoms with Gasteiger partial charge >= 0.3 is 5.91 Å². The molecule has 1 N–H and O–H groups in total. The Labute approximate surface area is 212 Å². The molecule has 0 bridgehead atoms. The molecule has 0 radical (unpaired) electrons. The van der Waals surface area contributed by atoms with Crippen LogP contribution in [0.1, 0.15) is 28.5 Å². The lowest BCUT2D eigenvalue weighted by Crippen LogP contribution is -2.29. The number of aliphatic hydroxyl groups excluding tert-OH is 1. The van der Waals surface area contributed by atoms with Gasteiger partial charge in [0.05, 0.1) is 11.6 Å². The molecule has 4 aromatic rings. The molecule has 0 spiro atoms. The second-order valence-corrected chi connectivity index (χ2v) is 8.75. The van der Waals surface area contributed by atoms with Gasteiger partial charge in [0.25, 0.3) is 5.78 Å². The summed E-state index contributed by atoms with van der Waals surface area (Å²) in [5.74, 6) is -0.658. The number of benzene rings is 3. The number of anilines is 1. The molecule has 3 aromatic carbocycles. The largest absolute Gasteiger partial charge is 0.507 e. The second kappa shape index (κ2) is 9.71. The Morgan fingerprint density at radius 3 is 2.36 bits per heavy atom. The number of rotatable bonds is 6. The van der Waals surface area contributed by atoms with Crippen molar-refractivity contribution in [3.05, 3.63) is 118 Å².